The van der Waals surface area contributed by atoms with Crippen molar-refractivity contribution < 1.29 is 8.78 Å². The minimum atomic E-state index is -0.571. The van der Waals surface area contributed by atoms with Crippen LogP contribution in [0.4, 0.5) is 8.78 Å². The molecule has 126 valence electrons. The van der Waals surface area contributed by atoms with Crippen LogP contribution in [0.2, 0.25) is 0 Å². The molecule has 0 radical (unpaired) electrons. The van der Waals surface area contributed by atoms with Gasteiger partial charge in [-0.25, -0.2) is 13.8 Å². The molecule has 1 saturated carbocycles. The number of hydrogen-bond donors (Lipinski definition) is 1. The molecule has 1 fully saturated rings. The summed E-state index contributed by atoms with van der Waals surface area (Å²) < 4.78 is 26.9. The average Bonchev–Trinajstić information content (AvgIpc) is 3.34. The highest BCUT2D eigenvalue weighted by molar-refractivity contribution is 5.23. The standard InChI is InChI=1S/C18H19F2N3O/c19-13-4-3-12(15(20)8-13)9-23-6-5-14-16(10-23)21-17(22-18(14)24)7-11-1-2-11/h3-4,8,11H,1-2,5-7,9-10H2,(H,21,22,24). The van der Waals surface area contributed by atoms with Crippen LogP contribution in [0.25, 0.3) is 0 Å². The van der Waals surface area contributed by atoms with E-state index < -0.39 is 11.6 Å². The van der Waals surface area contributed by atoms with E-state index in [4.69, 9.17) is 0 Å². The van der Waals surface area contributed by atoms with Crippen LogP contribution < -0.4 is 5.56 Å². The summed E-state index contributed by atoms with van der Waals surface area (Å²) in [4.78, 5) is 21.8. The molecule has 0 unspecified atom stereocenters. The van der Waals surface area contributed by atoms with Crippen LogP contribution in [0.5, 0.6) is 0 Å². The molecule has 1 N–H and O–H groups in total. The molecule has 4 rings (SSSR count). The van der Waals surface area contributed by atoms with Gasteiger partial charge in [-0.3, -0.25) is 9.69 Å². The van der Waals surface area contributed by atoms with E-state index in [9.17, 15) is 13.6 Å². The van der Waals surface area contributed by atoms with E-state index in [1.54, 1.807) is 0 Å². The van der Waals surface area contributed by atoms with Crippen molar-refractivity contribution in [2.45, 2.75) is 38.8 Å². The molecule has 0 spiro atoms. The van der Waals surface area contributed by atoms with Crippen LogP contribution >= 0.6 is 0 Å². The molecular weight excluding hydrogens is 312 g/mol. The van der Waals surface area contributed by atoms with Crippen LogP contribution in [-0.2, 0) is 25.9 Å². The number of rotatable bonds is 4. The molecule has 6 heteroatoms. The quantitative estimate of drug-likeness (QED) is 0.937. The molecule has 0 bridgehead atoms. The summed E-state index contributed by atoms with van der Waals surface area (Å²) in [6, 6.07) is 3.65. The van der Waals surface area contributed by atoms with Crippen molar-refractivity contribution in [1.29, 1.82) is 0 Å². The summed E-state index contributed by atoms with van der Waals surface area (Å²) in [5, 5.41) is 0. The van der Waals surface area contributed by atoms with Crippen LogP contribution in [0.3, 0.4) is 0 Å². The first kappa shape index (κ1) is 15.4. The Morgan fingerprint density at radius 1 is 1.29 bits per heavy atom. The van der Waals surface area contributed by atoms with Crippen LogP contribution in [0.15, 0.2) is 23.0 Å². The maximum absolute atomic E-state index is 13.8. The third kappa shape index (κ3) is 3.24. The number of fused-ring (bicyclic) bond motifs is 1. The van der Waals surface area contributed by atoms with E-state index in [0.717, 1.165) is 29.6 Å². The first-order chi connectivity index (χ1) is 11.6. The van der Waals surface area contributed by atoms with E-state index in [1.807, 2.05) is 4.90 Å². The summed E-state index contributed by atoms with van der Waals surface area (Å²) in [7, 11) is 0. The fourth-order valence-electron chi connectivity index (χ4n) is 3.26. The zero-order chi connectivity index (χ0) is 16.7. The molecule has 0 atom stereocenters. The highest BCUT2D eigenvalue weighted by Gasteiger charge is 2.25. The Kier molecular flexibility index (Phi) is 3.92. The number of benzene rings is 1. The number of aromatic nitrogens is 2. The summed E-state index contributed by atoms with van der Waals surface area (Å²) >= 11 is 0. The third-order valence-electron chi connectivity index (χ3n) is 4.79. The highest BCUT2D eigenvalue weighted by Crippen LogP contribution is 2.31. The van der Waals surface area contributed by atoms with Gasteiger partial charge in [0.2, 0.25) is 0 Å². The Balaban J connectivity index is 1.53. The van der Waals surface area contributed by atoms with Crippen molar-refractivity contribution >= 4 is 0 Å². The van der Waals surface area contributed by atoms with Gasteiger partial charge in [0.15, 0.2) is 0 Å². The van der Waals surface area contributed by atoms with E-state index in [-0.39, 0.29) is 5.56 Å². The molecule has 2 heterocycles. The number of halogens is 2. The summed E-state index contributed by atoms with van der Waals surface area (Å²) in [5.74, 6) is 0.308. The summed E-state index contributed by atoms with van der Waals surface area (Å²) in [6.45, 7) is 1.57. The Morgan fingerprint density at radius 3 is 2.88 bits per heavy atom. The SMILES string of the molecule is O=c1[nH]c(CC2CC2)nc2c1CCN(Cc1ccc(F)cc1F)C2. The van der Waals surface area contributed by atoms with Crippen LogP contribution in [-0.4, -0.2) is 21.4 Å². The van der Waals surface area contributed by atoms with Crippen molar-refractivity contribution in [1.82, 2.24) is 14.9 Å². The van der Waals surface area contributed by atoms with Crippen molar-refractivity contribution in [3.63, 3.8) is 0 Å². The van der Waals surface area contributed by atoms with E-state index in [1.165, 1.54) is 25.0 Å². The number of nitrogens with one attached hydrogen (secondary N) is 1. The second kappa shape index (κ2) is 6.09. The Bertz CT molecular complexity index is 829. The Labute approximate surface area is 138 Å². The lowest BCUT2D eigenvalue weighted by Crippen LogP contribution is -2.35. The smallest absolute Gasteiger partial charge is 0.254 e. The minimum Gasteiger partial charge on any atom is -0.310 e. The normalized spacial score (nSPS) is 17.8. The summed E-state index contributed by atoms with van der Waals surface area (Å²) in [6.07, 6.45) is 3.84. The van der Waals surface area contributed by atoms with Gasteiger partial charge in [-0.2, -0.15) is 0 Å². The molecule has 2 aromatic rings. The molecule has 24 heavy (non-hydrogen) atoms. The maximum atomic E-state index is 13.8. The van der Waals surface area contributed by atoms with E-state index >= 15 is 0 Å². The second-order valence-electron chi connectivity index (χ2n) is 6.78. The van der Waals surface area contributed by atoms with Crippen molar-refractivity contribution in [2.75, 3.05) is 6.54 Å². The zero-order valence-electron chi connectivity index (χ0n) is 13.3. The average molecular weight is 331 g/mol. The molecule has 1 aromatic heterocycles. The fraction of sp³-hybridized carbons (Fsp3) is 0.444. The highest BCUT2D eigenvalue weighted by atomic mass is 19.1. The van der Waals surface area contributed by atoms with Crippen molar-refractivity contribution in [3.05, 3.63) is 62.8 Å². The number of hydrogen-bond acceptors (Lipinski definition) is 3. The number of nitrogens with zero attached hydrogens (tertiary/aromatic N) is 2. The van der Waals surface area contributed by atoms with Gasteiger partial charge in [0.05, 0.1) is 5.69 Å². The first-order valence-electron chi connectivity index (χ1n) is 8.35. The number of aromatic amines is 1. The van der Waals surface area contributed by atoms with Crippen molar-refractivity contribution in [2.24, 2.45) is 5.92 Å². The van der Waals surface area contributed by atoms with Crippen molar-refractivity contribution in [3.8, 4) is 0 Å². The predicted molar refractivity (Wildman–Crippen MR) is 85.5 cm³/mol. The molecule has 1 aliphatic heterocycles. The second-order valence-corrected chi connectivity index (χ2v) is 6.78. The van der Waals surface area contributed by atoms with Crippen LogP contribution in [0, 0.1) is 17.6 Å². The van der Waals surface area contributed by atoms with Gasteiger partial charge in [0.25, 0.3) is 5.56 Å². The molecular formula is C18H19F2N3O. The third-order valence-corrected chi connectivity index (χ3v) is 4.79. The lowest BCUT2D eigenvalue weighted by Gasteiger charge is -2.27. The maximum Gasteiger partial charge on any atom is 0.254 e. The lowest BCUT2D eigenvalue weighted by atomic mass is 10.0. The van der Waals surface area contributed by atoms with E-state index in [2.05, 4.69) is 9.97 Å². The van der Waals surface area contributed by atoms with Gasteiger partial charge in [-0.05, 0) is 31.2 Å². The summed E-state index contributed by atoms with van der Waals surface area (Å²) in [5.41, 5.74) is 1.96. The molecule has 1 aromatic carbocycles. The van der Waals surface area contributed by atoms with E-state index in [0.29, 0.717) is 37.5 Å². The van der Waals surface area contributed by atoms with Gasteiger partial charge in [0.1, 0.15) is 17.5 Å². The van der Waals surface area contributed by atoms with Gasteiger partial charge in [-0.1, -0.05) is 6.07 Å². The Hall–Kier alpha value is -2.08. The minimum absolute atomic E-state index is 0.0386. The molecule has 1 aliphatic carbocycles. The Morgan fingerprint density at radius 2 is 2.12 bits per heavy atom. The topological polar surface area (TPSA) is 49.0 Å². The largest absolute Gasteiger partial charge is 0.310 e. The van der Waals surface area contributed by atoms with Gasteiger partial charge < -0.3 is 4.98 Å². The number of H-pyrrole nitrogens is 1. The van der Waals surface area contributed by atoms with Crippen LogP contribution in [0.1, 0.15) is 35.5 Å². The van der Waals surface area contributed by atoms with Gasteiger partial charge in [-0.15, -0.1) is 0 Å². The lowest BCUT2D eigenvalue weighted by molar-refractivity contribution is 0.236. The van der Waals surface area contributed by atoms with Gasteiger partial charge >= 0.3 is 0 Å². The molecule has 2 aliphatic rings. The predicted octanol–water partition coefficient (Wildman–Crippen LogP) is 2.56. The molecule has 0 amide bonds. The molecule has 0 saturated heterocycles. The fourth-order valence-corrected chi connectivity index (χ4v) is 3.26. The zero-order valence-corrected chi connectivity index (χ0v) is 13.3. The monoisotopic (exact) mass is 331 g/mol. The molecule has 4 nitrogen and oxygen atoms in total. The van der Waals surface area contributed by atoms with Gasteiger partial charge in [0, 0.05) is 43.2 Å². The first-order valence-corrected chi connectivity index (χ1v) is 8.35.